The summed E-state index contributed by atoms with van der Waals surface area (Å²) in [6.07, 6.45) is 0. The minimum Gasteiger partial charge on any atom is -0.394 e. The maximum absolute atomic E-state index is 11.9. The number of nitrogens with one attached hydrogen (secondary N) is 1. The highest BCUT2D eigenvalue weighted by Crippen LogP contribution is 2.18. The summed E-state index contributed by atoms with van der Waals surface area (Å²) in [6, 6.07) is 9.24. The van der Waals surface area contributed by atoms with Gasteiger partial charge in [0.1, 0.15) is 0 Å². The Hall–Kier alpha value is -1.43. The van der Waals surface area contributed by atoms with Crippen molar-refractivity contribution in [3.63, 3.8) is 0 Å². The monoisotopic (exact) mass is 266 g/mol. The fourth-order valence-corrected chi connectivity index (χ4v) is 1.70. The minimum atomic E-state index is -0.320. The summed E-state index contributed by atoms with van der Waals surface area (Å²) < 4.78 is 5.06. The van der Waals surface area contributed by atoms with E-state index in [0.717, 1.165) is 5.56 Å². The van der Waals surface area contributed by atoms with Crippen LogP contribution in [0.3, 0.4) is 0 Å². The van der Waals surface area contributed by atoms with E-state index < -0.39 is 0 Å². The highest BCUT2D eigenvalue weighted by Gasteiger charge is 2.21. The van der Waals surface area contributed by atoms with Gasteiger partial charge in [-0.15, -0.1) is 0 Å². The van der Waals surface area contributed by atoms with E-state index in [1.807, 2.05) is 37.3 Å². The lowest BCUT2D eigenvalue weighted by molar-refractivity contribution is -0.125. The second kappa shape index (κ2) is 8.63. The van der Waals surface area contributed by atoms with Crippen molar-refractivity contribution in [2.45, 2.75) is 13.0 Å². The van der Waals surface area contributed by atoms with Gasteiger partial charge < -0.3 is 20.9 Å². The Labute approximate surface area is 113 Å². The predicted octanol–water partition coefficient (Wildman–Crippen LogP) is 0.448. The summed E-state index contributed by atoms with van der Waals surface area (Å²) in [5, 5.41) is 11.3. The van der Waals surface area contributed by atoms with E-state index in [-0.39, 0.29) is 31.1 Å². The Kier molecular flexibility index (Phi) is 7.10. The molecule has 1 aromatic rings. The number of amides is 1. The Balaban J connectivity index is 2.35. The molecule has 0 aliphatic heterocycles. The van der Waals surface area contributed by atoms with Gasteiger partial charge in [-0.05, 0) is 5.56 Å². The largest absolute Gasteiger partial charge is 0.394 e. The standard InChI is InChI=1S/C14H22N2O3/c1-11(13(15)12-5-3-2-4-6-12)14(18)16-7-9-19-10-8-17/h2-6,11,13,17H,7-10,15H2,1H3,(H,16,18). The fourth-order valence-electron chi connectivity index (χ4n) is 1.70. The smallest absolute Gasteiger partial charge is 0.224 e. The molecule has 1 amide bonds. The number of carbonyl (C=O) groups excluding carboxylic acids is 1. The van der Waals surface area contributed by atoms with Crippen molar-refractivity contribution in [3.05, 3.63) is 35.9 Å². The van der Waals surface area contributed by atoms with Crippen LogP contribution in [-0.4, -0.2) is 37.4 Å². The van der Waals surface area contributed by atoms with Crippen LogP contribution in [0.5, 0.6) is 0 Å². The molecule has 0 heterocycles. The Morgan fingerprint density at radius 2 is 2.05 bits per heavy atom. The molecule has 5 heteroatoms. The van der Waals surface area contributed by atoms with Gasteiger partial charge in [-0.1, -0.05) is 37.3 Å². The predicted molar refractivity (Wildman–Crippen MR) is 73.4 cm³/mol. The Morgan fingerprint density at radius 1 is 1.37 bits per heavy atom. The first-order valence-electron chi connectivity index (χ1n) is 6.43. The highest BCUT2D eigenvalue weighted by atomic mass is 16.5. The normalized spacial score (nSPS) is 13.8. The first-order chi connectivity index (χ1) is 9.16. The average Bonchev–Trinajstić information content (AvgIpc) is 2.46. The number of hydrogen-bond donors (Lipinski definition) is 3. The number of aliphatic hydroxyl groups excluding tert-OH is 1. The lowest BCUT2D eigenvalue weighted by atomic mass is 9.95. The molecule has 0 saturated heterocycles. The van der Waals surface area contributed by atoms with Crippen LogP contribution in [0.2, 0.25) is 0 Å². The van der Waals surface area contributed by atoms with Crippen LogP contribution in [0.25, 0.3) is 0 Å². The second-order valence-electron chi connectivity index (χ2n) is 4.35. The van der Waals surface area contributed by atoms with Crippen LogP contribution in [0.4, 0.5) is 0 Å². The minimum absolute atomic E-state index is 0.0107. The summed E-state index contributed by atoms with van der Waals surface area (Å²) >= 11 is 0. The molecule has 0 aromatic heterocycles. The third-order valence-corrected chi connectivity index (χ3v) is 2.92. The zero-order valence-corrected chi connectivity index (χ0v) is 11.2. The van der Waals surface area contributed by atoms with E-state index in [1.54, 1.807) is 0 Å². The van der Waals surface area contributed by atoms with E-state index in [1.165, 1.54) is 0 Å². The molecule has 4 N–H and O–H groups in total. The number of carbonyl (C=O) groups is 1. The number of rotatable bonds is 8. The van der Waals surface area contributed by atoms with Crippen LogP contribution in [0.1, 0.15) is 18.5 Å². The molecule has 2 unspecified atom stereocenters. The molecule has 0 radical (unpaired) electrons. The van der Waals surface area contributed by atoms with Gasteiger partial charge in [0.2, 0.25) is 5.91 Å². The molecule has 5 nitrogen and oxygen atoms in total. The Morgan fingerprint density at radius 3 is 2.68 bits per heavy atom. The van der Waals surface area contributed by atoms with E-state index in [9.17, 15) is 4.79 Å². The lowest BCUT2D eigenvalue weighted by Crippen LogP contribution is -2.37. The summed E-state index contributed by atoms with van der Waals surface area (Å²) in [5.74, 6) is -0.399. The molecule has 19 heavy (non-hydrogen) atoms. The first kappa shape index (κ1) is 15.6. The summed E-state index contributed by atoms with van der Waals surface area (Å²) in [7, 11) is 0. The first-order valence-corrected chi connectivity index (χ1v) is 6.43. The highest BCUT2D eigenvalue weighted by molar-refractivity contribution is 5.79. The molecule has 1 rings (SSSR count). The van der Waals surface area contributed by atoms with Gasteiger partial charge in [-0.2, -0.15) is 0 Å². The number of benzene rings is 1. The summed E-state index contributed by atoms with van der Waals surface area (Å²) in [5.41, 5.74) is 7.01. The van der Waals surface area contributed by atoms with E-state index in [2.05, 4.69) is 5.32 Å². The zero-order valence-electron chi connectivity index (χ0n) is 11.2. The SMILES string of the molecule is CC(C(=O)NCCOCCO)C(N)c1ccccc1. The molecule has 0 aliphatic carbocycles. The zero-order chi connectivity index (χ0) is 14.1. The van der Waals surface area contributed by atoms with Gasteiger partial charge in [-0.25, -0.2) is 0 Å². The molecule has 0 spiro atoms. The fraction of sp³-hybridized carbons (Fsp3) is 0.500. The van der Waals surface area contributed by atoms with Crippen molar-refractivity contribution in [3.8, 4) is 0 Å². The molecule has 0 fully saturated rings. The average molecular weight is 266 g/mol. The van der Waals surface area contributed by atoms with Crippen LogP contribution in [-0.2, 0) is 9.53 Å². The molecule has 0 saturated carbocycles. The maximum atomic E-state index is 11.9. The van der Waals surface area contributed by atoms with Crippen molar-refractivity contribution < 1.29 is 14.6 Å². The lowest BCUT2D eigenvalue weighted by Gasteiger charge is -2.19. The van der Waals surface area contributed by atoms with E-state index >= 15 is 0 Å². The van der Waals surface area contributed by atoms with Crippen molar-refractivity contribution >= 4 is 5.91 Å². The van der Waals surface area contributed by atoms with Crippen molar-refractivity contribution in [1.29, 1.82) is 0 Å². The van der Waals surface area contributed by atoms with Gasteiger partial charge in [0.25, 0.3) is 0 Å². The van der Waals surface area contributed by atoms with Gasteiger partial charge in [-0.3, -0.25) is 4.79 Å². The van der Waals surface area contributed by atoms with E-state index in [4.69, 9.17) is 15.6 Å². The molecule has 106 valence electrons. The van der Waals surface area contributed by atoms with Crippen LogP contribution < -0.4 is 11.1 Å². The summed E-state index contributed by atoms with van der Waals surface area (Å²) in [4.78, 5) is 11.9. The molecule has 0 bridgehead atoms. The molecule has 0 aliphatic rings. The number of nitrogens with two attached hydrogens (primary N) is 1. The van der Waals surface area contributed by atoms with Gasteiger partial charge in [0.05, 0.1) is 25.7 Å². The molecule has 2 atom stereocenters. The quantitative estimate of drug-likeness (QED) is 0.596. The maximum Gasteiger partial charge on any atom is 0.224 e. The molecular formula is C14H22N2O3. The number of ether oxygens (including phenoxy) is 1. The molecule has 1 aromatic carbocycles. The van der Waals surface area contributed by atoms with Crippen LogP contribution in [0, 0.1) is 5.92 Å². The van der Waals surface area contributed by atoms with Crippen molar-refractivity contribution in [2.75, 3.05) is 26.4 Å². The van der Waals surface area contributed by atoms with Crippen molar-refractivity contribution in [1.82, 2.24) is 5.32 Å². The third-order valence-electron chi connectivity index (χ3n) is 2.92. The van der Waals surface area contributed by atoms with Gasteiger partial charge in [0, 0.05) is 12.6 Å². The van der Waals surface area contributed by atoms with Crippen LogP contribution in [0.15, 0.2) is 30.3 Å². The second-order valence-corrected chi connectivity index (χ2v) is 4.35. The van der Waals surface area contributed by atoms with Gasteiger partial charge >= 0.3 is 0 Å². The number of hydrogen-bond acceptors (Lipinski definition) is 4. The summed E-state index contributed by atoms with van der Waals surface area (Å²) in [6.45, 7) is 2.89. The third kappa shape index (κ3) is 5.38. The van der Waals surface area contributed by atoms with Crippen molar-refractivity contribution in [2.24, 2.45) is 11.7 Å². The number of aliphatic hydroxyl groups is 1. The van der Waals surface area contributed by atoms with Gasteiger partial charge in [0.15, 0.2) is 0 Å². The topological polar surface area (TPSA) is 84.6 Å². The molecular weight excluding hydrogens is 244 g/mol. The Bertz CT molecular complexity index is 370. The van der Waals surface area contributed by atoms with Crippen LogP contribution >= 0.6 is 0 Å². The van der Waals surface area contributed by atoms with E-state index in [0.29, 0.717) is 13.2 Å².